The van der Waals surface area contributed by atoms with Crippen LogP contribution in [0.5, 0.6) is 0 Å². The lowest BCUT2D eigenvalue weighted by Gasteiger charge is -2.12. The van der Waals surface area contributed by atoms with Crippen molar-refractivity contribution in [3.8, 4) is 0 Å². The van der Waals surface area contributed by atoms with Gasteiger partial charge in [-0.2, -0.15) is 0 Å². The first-order valence-corrected chi connectivity index (χ1v) is 10.8. The van der Waals surface area contributed by atoms with Gasteiger partial charge in [0.1, 0.15) is 5.76 Å². The minimum atomic E-state index is -0.0890. The van der Waals surface area contributed by atoms with Crippen LogP contribution in [0.2, 0.25) is 0 Å². The van der Waals surface area contributed by atoms with Gasteiger partial charge in [0.2, 0.25) is 11.8 Å². The fraction of sp³-hybridized carbons (Fsp3) is 0.350. The molecule has 0 aliphatic heterocycles. The lowest BCUT2D eigenvalue weighted by molar-refractivity contribution is -0.115. The molecule has 0 fully saturated rings. The summed E-state index contributed by atoms with van der Waals surface area (Å²) in [6.07, 6.45) is 3.85. The normalized spacial score (nSPS) is 11.6. The van der Waals surface area contributed by atoms with Crippen LogP contribution in [-0.2, 0) is 28.9 Å². The second-order valence-corrected chi connectivity index (χ2v) is 9.69. The van der Waals surface area contributed by atoms with E-state index in [4.69, 9.17) is 10.2 Å². The van der Waals surface area contributed by atoms with E-state index in [1.807, 2.05) is 24.3 Å². The Morgan fingerprint density at radius 1 is 1.18 bits per heavy atom. The highest BCUT2D eigenvalue weighted by Crippen LogP contribution is 2.31. The van der Waals surface area contributed by atoms with Crippen LogP contribution in [0, 0.1) is 0 Å². The zero-order valence-electron chi connectivity index (χ0n) is 16.2. The fourth-order valence-corrected chi connectivity index (χ4v) is 4.12. The van der Waals surface area contributed by atoms with E-state index in [2.05, 4.69) is 36.1 Å². The Balaban J connectivity index is 1.50. The number of benzene rings is 1. The van der Waals surface area contributed by atoms with Crippen LogP contribution in [-0.4, -0.2) is 15.9 Å². The van der Waals surface area contributed by atoms with Crippen LogP contribution in [0.15, 0.2) is 45.3 Å². The predicted octanol–water partition coefficient (Wildman–Crippen LogP) is 4.36. The van der Waals surface area contributed by atoms with E-state index in [9.17, 15) is 4.79 Å². The molecule has 0 unspecified atom stereocenters. The number of oxazole rings is 1. The molecule has 3 N–H and O–H groups in total. The van der Waals surface area contributed by atoms with Gasteiger partial charge in [-0.15, -0.1) is 11.8 Å². The van der Waals surface area contributed by atoms with Crippen LogP contribution in [0.4, 0.5) is 5.13 Å². The van der Waals surface area contributed by atoms with Crippen molar-refractivity contribution in [2.45, 2.75) is 49.1 Å². The molecule has 0 spiro atoms. The lowest BCUT2D eigenvalue weighted by atomic mass is 9.94. The summed E-state index contributed by atoms with van der Waals surface area (Å²) in [4.78, 5) is 20.8. The minimum absolute atomic E-state index is 0.0531. The molecule has 0 aliphatic rings. The molecule has 148 valence electrons. The number of thioether (sulfide) groups is 1. The average Bonchev–Trinajstić information content (AvgIpc) is 3.29. The van der Waals surface area contributed by atoms with Gasteiger partial charge in [-0.05, 0) is 11.1 Å². The van der Waals surface area contributed by atoms with E-state index >= 15 is 0 Å². The number of aromatic nitrogens is 2. The van der Waals surface area contributed by atoms with Crippen LogP contribution in [0.3, 0.4) is 0 Å². The first-order chi connectivity index (χ1) is 13.3. The van der Waals surface area contributed by atoms with Crippen molar-refractivity contribution in [2.24, 2.45) is 5.73 Å². The molecule has 0 aliphatic carbocycles. The van der Waals surface area contributed by atoms with Crippen molar-refractivity contribution in [2.75, 3.05) is 5.32 Å². The van der Waals surface area contributed by atoms with Gasteiger partial charge in [-0.25, -0.2) is 9.97 Å². The second-order valence-electron chi connectivity index (χ2n) is 7.39. The van der Waals surface area contributed by atoms with Crippen LogP contribution < -0.4 is 11.1 Å². The van der Waals surface area contributed by atoms with E-state index in [-0.39, 0.29) is 11.3 Å². The molecule has 0 atom stereocenters. The molecule has 28 heavy (non-hydrogen) atoms. The van der Waals surface area contributed by atoms with E-state index < -0.39 is 0 Å². The monoisotopic (exact) mass is 416 g/mol. The molecule has 1 amide bonds. The Labute approximate surface area is 173 Å². The van der Waals surface area contributed by atoms with Gasteiger partial charge >= 0.3 is 0 Å². The second kappa shape index (κ2) is 8.89. The molecule has 6 nitrogen and oxygen atoms in total. The van der Waals surface area contributed by atoms with Gasteiger partial charge < -0.3 is 15.5 Å². The van der Waals surface area contributed by atoms with Crippen molar-refractivity contribution in [3.63, 3.8) is 0 Å². The Hall–Kier alpha value is -2.16. The highest BCUT2D eigenvalue weighted by molar-refractivity contribution is 8.00. The number of nitrogens with two attached hydrogens (primary N) is 1. The summed E-state index contributed by atoms with van der Waals surface area (Å²) in [6, 6.07) is 7.73. The number of nitrogens with one attached hydrogen (secondary N) is 1. The molecule has 3 rings (SSSR count). The molecule has 0 radical (unpaired) electrons. The Morgan fingerprint density at radius 2 is 1.89 bits per heavy atom. The molecule has 2 heterocycles. The molecule has 0 bridgehead atoms. The maximum Gasteiger partial charge on any atom is 0.230 e. The van der Waals surface area contributed by atoms with Crippen molar-refractivity contribution < 1.29 is 9.21 Å². The molecule has 8 heteroatoms. The summed E-state index contributed by atoms with van der Waals surface area (Å²) in [6.45, 7) is 6.77. The molecular formula is C20H24N4O2S2. The predicted molar refractivity (Wildman–Crippen MR) is 114 cm³/mol. The summed E-state index contributed by atoms with van der Waals surface area (Å²) in [5.74, 6) is 2.10. The third-order valence-corrected chi connectivity index (χ3v) is 6.08. The number of thiazole rings is 1. The first-order valence-electron chi connectivity index (χ1n) is 8.95. The van der Waals surface area contributed by atoms with Gasteiger partial charge in [-0.3, -0.25) is 4.79 Å². The van der Waals surface area contributed by atoms with Crippen molar-refractivity contribution in [1.29, 1.82) is 0 Å². The summed E-state index contributed by atoms with van der Waals surface area (Å²) in [7, 11) is 0. The Bertz CT molecular complexity index is 926. The van der Waals surface area contributed by atoms with Gasteiger partial charge in [0.05, 0.1) is 28.8 Å². The molecular weight excluding hydrogens is 392 g/mol. The highest BCUT2D eigenvalue weighted by Gasteiger charge is 2.19. The number of carbonyl (C=O) groups is 1. The maximum atomic E-state index is 12.2. The molecule has 0 saturated heterocycles. The quantitative estimate of drug-likeness (QED) is 0.556. The standard InChI is InChI=1S/C20H24N4O2S2/c1-20(2,3)15-10-22-17(26-15)12-27-18-11-23-19(28-18)24-16(25)8-13-4-6-14(9-21)7-5-13/h4-7,10-11H,8-9,12,21H2,1-3H3,(H,23,24,25). The van der Waals surface area contributed by atoms with Crippen LogP contribution >= 0.6 is 23.1 Å². The summed E-state index contributed by atoms with van der Waals surface area (Å²) in [5.41, 5.74) is 7.53. The highest BCUT2D eigenvalue weighted by atomic mass is 32.2. The molecule has 2 aromatic heterocycles. The van der Waals surface area contributed by atoms with E-state index in [0.29, 0.717) is 29.7 Å². The zero-order chi connectivity index (χ0) is 20.1. The van der Waals surface area contributed by atoms with E-state index in [1.165, 1.54) is 11.3 Å². The van der Waals surface area contributed by atoms with Crippen LogP contribution in [0.25, 0.3) is 0 Å². The minimum Gasteiger partial charge on any atom is -0.444 e. The number of hydrogen-bond acceptors (Lipinski definition) is 7. The smallest absolute Gasteiger partial charge is 0.230 e. The fourth-order valence-electron chi connectivity index (χ4n) is 2.38. The number of nitrogens with zero attached hydrogens (tertiary/aromatic N) is 2. The van der Waals surface area contributed by atoms with Gasteiger partial charge in [0, 0.05) is 12.0 Å². The SMILES string of the molecule is CC(C)(C)c1cnc(CSc2cnc(NC(=O)Cc3ccc(CN)cc3)s2)o1. The summed E-state index contributed by atoms with van der Waals surface area (Å²) >= 11 is 3.03. The van der Waals surface area contributed by atoms with Crippen molar-refractivity contribution in [3.05, 3.63) is 59.4 Å². The third-order valence-electron chi connectivity index (χ3n) is 3.98. The Kier molecular flexibility index (Phi) is 6.53. The average molecular weight is 417 g/mol. The first kappa shape index (κ1) is 20.6. The maximum absolute atomic E-state index is 12.2. The number of carbonyl (C=O) groups excluding carboxylic acids is 1. The molecule has 1 aromatic carbocycles. The summed E-state index contributed by atoms with van der Waals surface area (Å²) in [5, 5.41) is 3.44. The number of amides is 1. The third kappa shape index (κ3) is 5.67. The topological polar surface area (TPSA) is 94.0 Å². The zero-order valence-corrected chi connectivity index (χ0v) is 17.8. The lowest BCUT2D eigenvalue weighted by Crippen LogP contribution is -2.14. The molecule has 0 saturated carbocycles. The van der Waals surface area contributed by atoms with E-state index in [1.54, 1.807) is 24.2 Å². The van der Waals surface area contributed by atoms with Crippen molar-refractivity contribution >= 4 is 34.1 Å². The van der Waals surface area contributed by atoms with Crippen LogP contribution in [0.1, 0.15) is 43.5 Å². The number of anilines is 1. The largest absolute Gasteiger partial charge is 0.444 e. The van der Waals surface area contributed by atoms with Gasteiger partial charge in [0.15, 0.2) is 5.13 Å². The molecule has 3 aromatic rings. The van der Waals surface area contributed by atoms with Crippen molar-refractivity contribution in [1.82, 2.24) is 9.97 Å². The number of hydrogen-bond donors (Lipinski definition) is 2. The van der Waals surface area contributed by atoms with E-state index in [0.717, 1.165) is 21.1 Å². The van der Waals surface area contributed by atoms with Gasteiger partial charge in [-0.1, -0.05) is 56.4 Å². The number of rotatable bonds is 7. The summed E-state index contributed by atoms with van der Waals surface area (Å²) < 4.78 is 6.80. The van der Waals surface area contributed by atoms with Gasteiger partial charge in [0.25, 0.3) is 0 Å². The Morgan fingerprint density at radius 3 is 2.54 bits per heavy atom.